The van der Waals surface area contributed by atoms with Crippen LogP contribution < -0.4 is 0 Å². The van der Waals surface area contributed by atoms with Gasteiger partial charge in [0.25, 0.3) is 0 Å². The van der Waals surface area contributed by atoms with Crippen LogP contribution in [-0.4, -0.2) is 39.8 Å². The minimum absolute atomic E-state index is 0.00692. The van der Waals surface area contributed by atoms with Crippen LogP contribution in [0.3, 0.4) is 0 Å². The number of likely N-dealkylation sites (N-methyl/N-ethyl adjacent to an activating group) is 1. The first-order valence-electron chi connectivity index (χ1n) is 12.0. The summed E-state index contributed by atoms with van der Waals surface area (Å²) in [5.41, 5.74) is -1.03. The largest absolute Gasteiger partial charge is 0.416 e. The molecule has 0 saturated heterocycles. The zero-order chi connectivity index (χ0) is 28.0. The zero-order valence-electron chi connectivity index (χ0n) is 20.9. The van der Waals surface area contributed by atoms with Gasteiger partial charge in [0, 0.05) is 12.0 Å². The Kier molecular flexibility index (Phi) is 8.71. The number of H-pyrrole nitrogens is 1. The summed E-state index contributed by atoms with van der Waals surface area (Å²) in [6, 6.07) is 20.4. The number of nitrogens with zero attached hydrogens (tertiary/aromatic N) is 3. The SMILES string of the molecule is CN(Cc1nc[nH]n1)C(COCc1cc(C(F)(F)F)cc(C(F)(F)F)c1)C(c1ccccc1)c1ccccc1. The highest BCUT2D eigenvalue weighted by Crippen LogP contribution is 2.37. The van der Waals surface area contributed by atoms with Gasteiger partial charge in [-0.25, -0.2) is 4.98 Å². The molecule has 3 aromatic carbocycles. The van der Waals surface area contributed by atoms with E-state index in [2.05, 4.69) is 15.2 Å². The van der Waals surface area contributed by atoms with Crippen LogP contribution in [-0.2, 0) is 30.2 Å². The second-order valence-electron chi connectivity index (χ2n) is 9.13. The number of aromatic amines is 1. The molecule has 0 aliphatic carbocycles. The van der Waals surface area contributed by atoms with Crippen molar-refractivity contribution in [3.63, 3.8) is 0 Å². The Morgan fingerprint density at radius 3 is 1.82 bits per heavy atom. The van der Waals surface area contributed by atoms with E-state index < -0.39 is 30.1 Å². The predicted octanol–water partition coefficient (Wildman–Crippen LogP) is 6.69. The third-order valence-corrected chi connectivity index (χ3v) is 6.33. The molecule has 39 heavy (non-hydrogen) atoms. The summed E-state index contributed by atoms with van der Waals surface area (Å²) in [6.45, 7) is -0.100. The second kappa shape index (κ2) is 12.0. The summed E-state index contributed by atoms with van der Waals surface area (Å²) in [4.78, 5) is 6.13. The maximum atomic E-state index is 13.3. The molecule has 0 aliphatic heterocycles. The van der Waals surface area contributed by atoms with E-state index in [-0.39, 0.29) is 30.2 Å². The predicted molar refractivity (Wildman–Crippen MR) is 132 cm³/mol. The molecule has 5 nitrogen and oxygen atoms in total. The lowest BCUT2D eigenvalue weighted by Gasteiger charge is -2.35. The van der Waals surface area contributed by atoms with Crippen molar-refractivity contribution in [3.8, 4) is 0 Å². The average Bonchev–Trinajstić information content (AvgIpc) is 3.41. The molecule has 0 spiro atoms. The lowest BCUT2D eigenvalue weighted by molar-refractivity contribution is -0.143. The van der Waals surface area contributed by atoms with Crippen LogP contribution in [0.1, 0.15) is 39.6 Å². The smallest absolute Gasteiger partial charge is 0.375 e. The van der Waals surface area contributed by atoms with E-state index >= 15 is 0 Å². The van der Waals surface area contributed by atoms with Crippen molar-refractivity contribution in [1.82, 2.24) is 20.1 Å². The van der Waals surface area contributed by atoms with Crippen molar-refractivity contribution in [3.05, 3.63) is 119 Å². The number of ether oxygens (including phenoxy) is 1. The number of rotatable bonds is 10. The molecule has 1 N–H and O–H groups in total. The van der Waals surface area contributed by atoms with Gasteiger partial charge in [-0.05, 0) is 41.9 Å². The summed E-state index contributed by atoms with van der Waals surface area (Å²) in [6.07, 6.45) is -8.41. The molecule has 4 aromatic rings. The van der Waals surface area contributed by atoms with Crippen molar-refractivity contribution in [2.24, 2.45) is 0 Å². The number of benzene rings is 3. The minimum atomic E-state index is -4.93. The first kappa shape index (κ1) is 28.3. The number of aromatic nitrogens is 3. The van der Waals surface area contributed by atoms with Gasteiger partial charge >= 0.3 is 12.4 Å². The van der Waals surface area contributed by atoms with Crippen LogP contribution in [0.15, 0.2) is 85.2 Å². The number of hydrogen-bond donors (Lipinski definition) is 1. The first-order chi connectivity index (χ1) is 18.5. The van der Waals surface area contributed by atoms with Gasteiger partial charge in [-0.3, -0.25) is 10.00 Å². The maximum absolute atomic E-state index is 13.3. The Hall–Kier alpha value is -3.70. The Labute approximate surface area is 221 Å². The van der Waals surface area contributed by atoms with Crippen molar-refractivity contribution in [1.29, 1.82) is 0 Å². The fourth-order valence-corrected chi connectivity index (χ4v) is 4.49. The number of alkyl halides is 6. The van der Waals surface area contributed by atoms with E-state index in [1.807, 2.05) is 72.6 Å². The fraction of sp³-hybridized carbons (Fsp3) is 0.286. The molecule has 11 heteroatoms. The molecule has 0 amide bonds. The summed E-state index contributed by atoms with van der Waals surface area (Å²) in [5.74, 6) is 0.290. The molecular weight excluding hydrogens is 522 g/mol. The zero-order valence-corrected chi connectivity index (χ0v) is 20.9. The van der Waals surface area contributed by atoms with Crippen LogP contribution in [0.5, 0.6) is 0 Å². The van der Waals surface area contributed by atoms with Crippen molar-refractivity contribution in [2.75, 3.05) is 13.7 Å². The molecule has 0 bridgehead atoms. The third-order valence-electron chi connectivity index (χ3n) is 6.33. The molecule has 0 radical (unpaired) electrons. The van der Waals surface area contributed by atoms with Crippen LogP contribution >= 0.6 is 0 Å². The highest BCUT2D eigenvalue weighted by atomic mass is 19.4. The van der Waals surface area contributed by atoms with Gasteiger partial charge in [0.2, 0.25) is 0 Å². The van der Waals surface area contributed by atoms with Crippen LogP contribution in [0.2, 0.25) is 0 Å². The van der Waals surface area contributed by atoms with E-state index in [0.29, 0.717) is 24.5 Å². The van der Waals surface area contributed by atoms with Gasteiger partial charge in [-0.2, -0.15) is 31.4 Å². The summed E-state index contributed by atoms with van der Waals surface area (Å²) >= 11 is 0. The number of hydrogen-bond acceptors (Lipinski definition) is 4. The Bertz CT molecular complexity index is 1240. The lowest BCUT2D eigenvalue weighted by atomic mass is 9.84. The van der Waals surface area contributed by atoms with Crippen LogP contribution in [0.25, 0.3) is 0 Å². The summed E-state index contributed by atoms with van der Waals surface area (Å²) < 4.78 is 85.8. The third kappa shape index (κ3) is 7.45. The second-order valence-corrected chi connectivity index (χ2v) is 9.13. The molecule has 206 valence electrons. The van der Waals surface area contributed by atoms with Crippen LogP contribution in [0.4, 0.5) is 26.3 Å². The Morgan fingerprint density at radius 1 is 0.821 bits per heavy atom. The van der Waals surface area contributed by atoms with E-state index in [4.69, 9.17) is 4.74 Å². The van der Waals surface area contributed by atoms with E-state index in [1.54, 1.807) is 0 Å². The van der Waals surface area contributed by atoms with E-state index in [1.165, 1.54) is 6.33 Å². The number of nitrogens with one attached hydrogen (secondary N) is 1. The molecule has 4 rings (SSSR count). The molecule has 1 aromatic heterocycles. The molecule has 1 heterocycles. The van der Waals surface area contributed by atoms with Crippen molar-refractivity contribution < 1.29 is 31.1 Å². The average molecular weight is 549 g/mol. The van der Waals surface area contributed by atoms with Gasteiger partial charge in [0.05, 0.1) is 30.9 Å². The highest BCUT2D eigenvalue weighted by molar-refractivity contribution is 5.35. The van der Waals surface area contributed by atoms with Gasteiger partial charge < -0.3 is 4.74 Å². The lowest BCUT2D eigenvalue weighted by Crippen LogP contribution is -2.41. The van der Waals surface area contributed by atoms with Crippen molar-refractivity contribution in [2.45, 2.75) is 37.5 Å². The molecule has 0 saturated carbocycles. The molecule has 0 fully saturated rings. The van der Waals surface area contributed by atoms with E-state index in [0.717, 1.165) is 11.1 Å². The summed E-state index contributed by atoms with van der Waals surface area (Å²) in [5, 5.41) is 6.77. The van der Waals surface area contributed by atoms with E-state index in [9.17, 15) is 26.3 Å². The Morgan fingerprint density at radius 2 is 1.36 bits per heavy atom. The highest BCUT2D eigenvalue weighted by Gasteiger charge is 2.37. The van der Waals surface area contributed by atoms with Crippen LogP contribution in [0, 0.1) is 0 Å². The summed E-state index contributed by atoms with van der Waals surface area (Å²) in [7, 11) is 1.84. The fourth-order valence-electron chi connectivity index (χ4n) is 4.49. The topological polar surface area (TPSA) is 54.0 Å². The first-order valence-corrected chi connectivity index (χ1v) is 12.0. The monoisotopic (exact) mass is 548 g/mol. The molecule has 1 unspecified atom stereocenters. The molecule has 1 atom stereocenters. The number of halogens is 6. The standard InChI is InChI=1S/C28H26F6N4O/c1-38(15-25-35-18-36-37-25)24(26(20-8-4-2-5-9-20)21-10-6-3-7-11-21)17-39-16-19-12-22(27(29,30)31)14-23(13-19)28(32,33)34/h2-14,18,24,26H,15-17H2,1H3,(H,35,36,37). The maximum Gasteiger partial charge on any atom is 0.416 e. The minimum Gasteiger partial charge on any atom is -0.375 e. The van der Waals surface area contributed by atoms with Gasteiger partial charge in [-0.1, -0.05) is 60.7 Å². The molecule has 0 aliphatic rings. The normalized spacial score (nSPS) is 13.3. The Balaban J connectivity index is 1.64. The molecular formula is C28H26F6N4O. The quantitative estimate of drug-likeness (QED) is 0.224. The van der Waals surface area contributed by atoms with Gasteiger partial charge in [0.15, 0.2) is 5.82 Å². The van der Waals surface area contributed by atoms with Gasteiger partial charge in [-0.15, -0.1) is 0 Å². The van der Waals surface area contributed by atoms with Gasteiger partial charge in [0.1, 0.15) is 6.33 Å². The van der Waals surface area contributed by atoms with Crippen molar-refractivity contribution >= 4 is 0 Å².